The number of hydrogen-bond acceptors (Lipinski definition) is 5. The predicted octanol–water partition coefficient (Wildman–Crippen LogP) is 6.50. The van der Waals surface area contributed by atoms with Crippen LogP contribution in [0.5, 0.6) is 11.5 Å². The molecule has 0 bridgehead atoms. The summed E-state index contributed by atoms with van der Waals surface area (Å²) in [5.41, 5.74) is 1.69. The van der Waals surface area contributed by atoms with Gasteiger partial charge in [0.05, 0.1) is 13.2 Å². The minimum absolute atomic E-state index is 0.0264. The van der Waals surface area contributed by atoms with Crippen molar-refractivity contribution in [3.8, 4) is 11.5 Å². The maximum atomic E-state index is 13.8. The highest BCUT2D eigenvalue weighted by Gasteiger charge is 2.34. The van der Waals surface area contributed by atoms with Crippen LogP contribution in [-0.2, 0) is 11.2 Å². The van der Waals surface area contributed by atoms with Crippen molar-refractivity contribution in [2.75, 3.05) is 38.7 Å². The molecule has 0 aliphatic carbocycles. The zero-order valence-electron chi connectivity index (χ0n) is 22.0. The number of benzene rings is 2. The molecule has 0 fully saturated rings. The molecular weight excluding hydrogens is 522 g/mol. The Morgan fingerprint density at radius 3 is 2.71 bits per heavy atom. The van der Waals surface area contributed by atoms with E-state index >= 15 is 0 Å². The van der Waals surface area contributed by atoms with Crippen LogP contribution in [0.2, 0.25) is 5.02 Å². The number of rotatable bonds is 10. The van der Waals surface area contributed by atoms with Crippen molar-refractivity contribution in [3.05, 3.63) is 75.4 Å². The van der Waals surface area contributed by atoms with E-state index in [2.05, 4.69) is 30.6 Å². The second-order valence-corrected chi connectivity index (χ2v) is 10.9. The van der Waals surface area contributed by atoms with Crippen molar-refractivity contribution in [3.63, 3.8) is 0 Å². The van der Waals surface area contributed by atoms with Gasteiger partial charge in [-0.25, -0.2) is 4.79 Å². The van der Waals surface area contributed by atoms with Crippen LogP contribution in [0, 0.1) is 5.92 Å². The second-order valence-electron chi connectivity index (χ2n) is 9.45. The van der Waals surface area contributed by atoms with Gasteiger partial charge in [-0.3, -0.25) is 4.79 Å². The van der Waals surface area contributed by atoms with E-state index in [9.17, 15) is 9.59 Å². The summed E-state index contributed by atoms with van der Waals surface area (Å²) in [5, 5.41) is 5.49. The van der Waals surface area contributed by atoms with Gasteiger partial charge < -0.3 is 24.6 Å². The average molecular weight is 556 g/mol. The molecule has 3 aromatic rings. The largest absolute Gasteiger partial charge is 0.493 e. The number of amides is 3. The Morgan fingerprint density at radius 2 is 1.97 bits per heavy atom. The lowest BCUT2D eigenvalue weighted by Crippen LogP contribution is -2.49. The zero-order chi connectivity index (χ0) is 27.1. The van der Waals surface area contributed by atoms with Gasteiger partial charge in [-0.2, -0.15) is 0 Å². The Balaban J connectivity index is 1.52. The van der Waals surface area contributed by atoms with Gasteiger partial charge in [0.2, 0.25) is 5.91 Å². The van der Waals surface area contributed by atoms with E-state index in [1.165, 1.54) is 4.88 Å². The first-order valence-electron chi connectivity index (χ1n) is 12.8. The minimum Gasteiger partial charge on any atom is -0.493 e. The third kappa shape index (κ3) is 6.79. The number of hydrogen-bond donors (Lipinski definition) is 1. The molecule has 2 heterocycles. The quantitative estimate of drug-likeness (QED) is 0.310. The number of carbonyl (C=O) groups excluding carboxylic acids is 2. The van der Waals surface area contributed by atoms with Gasteiger partial charge in [0.25, 0.3) is 0 Å². The number of nitrogens with zero attached hydrogens (tertiary/aromatic N) is 2. The predicted molar refractivity (Wildman–Crippen MR) is 152 cm³/mol. The van der Waals surface area contributed by atoms with E-state index in [4.69, 9.17) is 21.1 Å². The van der Waals surface area contributed by atoms with Crippen LogP contribution in [0.15, 0.2) is 60.0 Å². The summed E-state index contributed by atoms with van der Waals surface area (Å²) in [6, 6.07) is 16.0. The highest BCUT2D eigenvalue weighted by Crippen LogP contribution is 2.35. The third-order valence-corrected chi connectivity index (χ3v) is 8.03. The molecule has 9 heteroatoms. The molecule has 1 aromatic heterocycles. The minimum atomic E-state index is -0.323. The highest BCUT2D eigenvalue weighted by atomic mass is 35.5. The maximum absolute atomic E-state index is 13.8. The van der Waals surface area contributed by atoms with Crippen LogP contribution in [0.4, 0.5) is 10.5 Å². The molecule has 2 atom stereocenters. The van der Waals surface area contributed by atoms with Crippen LogP contribution in [0.1, 0.15) is 36.8 Å². The van der Waals surface area contributed by atoms with Crippen LogP contribution in [0.25, 0.3) is 0 Å². The van der Waals surface area contributed by atoms with E-state index in [-0.39, 0.29) is 37.0 Å². The number of fused-ring (bicyclic) bond motifs is 1. The standard InChI is InChI=1S/C29H34ClN3O4S/c1-4-20(2)17-32(29(35)31-22-9-7-8-21(30)16-22)18-28(34)33-14-12-27-23(13-15-38-27)24(33)19-37-26-11-6-5-10-25(26)36-3/h5-11,13,15-16,20,24H,4,12,14,17-19H2,1-3H3,(H,31,35). The summed E-state index contributed by atoms with van der Waals surface area (Å²) in [7, 11) is 1.61. The zero-order valence-corrected chi connectivity index (χ0v) is 23.6. The molecule has 2 unspecified atom stereocenters. The fourth-order valence-corrected chi connectivity index (χ4v) is 5.65. The van der Waals surface area contributed by atoms with Gasteiger partial charge in [-0.05, 0) is 59.7 Å². The number of halogens is 1. The molecule has 0 saturated carbocycles. The number of thiophene rings is 1. The van der Waals surface area contributed by atoms with E-state index in [0.717, 1.165) is 18.4 Å². The third-order valence-electron chi connectivity index (χ3n) is 6.80. The van der Waals surface area contributed by atoms with E-state index < -0.39 is 0 Å². The first-order valence-corrected chi connectivity index (χ1v) is 14.1. The van der Waals surface area contributed by atoms with Gasteiger partial charge in [0.15, 0.2) is 11.5 Å². The SMILES string of the molecule is CCC(C)CN(CC(=O)N1CCc2sccc2C1COc1ccccc1OC)C(=O)Nc1cccc(Cl)c1. The molecule has 0 spiro atoms. The summed E-state index contributed by atoms with van der Waals surface area (Å²) in [4.78, 5) is 31.8. The molecule has 202 valence electrons. The lowest BCUT2D eigenvalue weighted by molar-refractivity contribution is -0.135. The molecule has 4 rings (SSSR count). The molecule has 3 amide bonds. The van der Waals surface area contributed by atoms with Gasteiger partial charge in [-0.1, -0.05) is 50.1 Å². The number of anilines is 1. The van der Waals surface area contributed by atoms with Gasteiger partial charge in [0.1, 0.15) is 13.2 Å². The number of nitrogens with one attached hydrogen (secondary N) is 1. The summed E-state index contributed by atoms with van der Waals surface area (Å²) in [6.07, 6.45) is 1.68. The fraction of sp³-hybridized carbons (Fsp3) is 0.379. The maximum Gasteiger partial charge on any atom is 0.322 e. The van der Waals surface area contributed by atoms with Gasteiger partial charge in [0, 0.05) is 28.7 Å². The first-order chi connectivity index (χ1) is 18.4. The molecular formula is C29H34ClN3O4S. The fourth-order valence-electron chi connectivity index (χ4n) is 4.53. The van der Waals surface area contributed by atoms with Crippen molar-refractivity contribution < 1.29 is 19.1 Å². The Labute approximate surface area is 233 Å². The summed E-state index contributed by atoms with van der Waals surface area (Å²) >= 11 is 7.80. The molecule has 38 heavy (non-hydrogen) atoms. The Morgan fingerprint density at radius 1 is 1.18 bits per heavy atom. The summed E-state index contributed by atoms with van der Waals surface area (Å²) in [5.74, 6) is 1.40. The lowest BCUT2D eigenvalue weighted by atomic mass is 10.00. The van der Waals surface area contributed by atoms with Crippen LogP contribution in [0.3, 0.4) is 0 Å². The van der Waals surface area contributed by atoms with Crippen molar-refractivity contribution >= 4 is 40.6 Å². The van der Waals surface area contributed by atoms with Gasteiger partial charge >= 0.3 is 6.03 Å². The monoisotopic (exact) mass is 555 g/mol. The average Bonchev–Trinajstić information content (AvgIpc) is 3.40. The molecule has 0 radical (unpaired) electrons. The Hall–Kier alpha value is -3.23. The molecule has 1 aliphatic rings. The molecule has 1 aliphatic heterocycles. The summed E-state index contributed by atoms with van der Waals surface area (Å²) in [6.45, 7) is 5.45. The van der Waals surface area contributed by atoms with Crippen LogP contribution >= 0.6 is 22.9 Å². The van der Waals surface area contributed by atoms with Crippen molar-refractivity contribution in [1.29, 1.82) is 0 Å². The molecule has 2 aromatic carbocycles. The topological polar surface area (TPSA) is 71.1 Å². The first kappa shape index (κ1) is 27.8. The van der Waals surface area contributed by atoms with E-state index in [1.807, 2.05) is 29.2 Å². The van der Waals surface area contributed by atoms with E-state index in [0.29, 0.717) is 35.3 Å². The number of para-hydroxylation sites is 2. The van der Waals surface area contributed by atoms with Crippen molar-refractivity contribution in [1.82, 2.24) is 9.80 Å². The Bertz CT molecular complexity index is 1250. The number of urea groups is 1. The number of ether oxygens (including phenoxy) is 2. The number of carbonyl (C=O) groups is 2. The molecule has 7 nitrogen and oxygen atoms in total. The molecule has 0 saturated heterocycles. The van der Waals surface area contributed by atoms with Crippen LogP contribution in [-0.4, -0.2) is 55.1 Å². The number of methoxy groups -OCH3 is 1. The van der Waals surface area contributed by atoms with E-state index in [1.54, 1.807) is 47.6 Å². The smallest absolute Gasteiger partial charge is 0.322 e. The Kier molecular flexibility index (Phi) is 9.53. The second kappa shape index (κ2) is 13.0. The van der Waals surface area contributed by atoms with Gasteiger partial charge in [-0.15, -0.1) is 11.3 Å². The van der Waals surface area contributed by atoms with Crippen molar-refractivity contribution in [2.45, 2.75) is 32.7 Å². The normalized spacial score (nSPS) is 15.4. The lowest BCUT2D eigenvalue weighted by Gasteiger charge is -2.37. The van der Waals surface area contributed by atoms with Crippen molar-refractivity contribution in [2.24, 2.45) is 5.92 Å². The highest BCUT2D eigenvalue weighted by molar-refractivity contribution is 7.10. The summed E-state index contributed by atoms with van der Waals surface area (Å²) < 4.78 is 11.6. The molecule has 1 N–H and O–H groups in total. The van der Waals surface area contributed by atoms with Crippen LogP contribution < -0.4 is 14.8 Å².